The smallest absolute Gasteiger partial charge is 0.306 e. The number of ether oxygens (including phenoxy) is 1. The molecular weight excluding hydrogens is 296 g/mol. The molecule has 21 heavy (non-hydrogen) atoms. The quantitative estimate of drug-likeness (QED) is 0.685. The molecule has 124 valence electrons. The fourth-order valence-electron chi connectivity index (χ4n) is 2.19. The first kappa shape index (κ1) is 18.3. The molecule has 0 radical (unpaired) electrons. The third-order valence-electron chi connectivity index (χ3n) is 3.86. The summed E-state index contributed by atoms with van der Waals surface area (Å²) in [6.45, 7) is 5.38. The topological polar surface area (TPSA) is 95.9 Å². The van der Waals surface area contributed by atoms with E-state index in [0.29, 0.717) is 26.0 Å². The average molecular weight is 322 g/mol. The number of rotatable bonds is 8. The van der Waals surface area contributed by atoms with Crippen molar-refractivity contribution < 1.29 is 23.1 Å². The maximum Gasteiger partial charge on any atom is 0.306 e. The molecule has 7 nitrogen and oxygen atoms in total. The number of carboxylic acids is 1. The van der Waals surface area contributed by atoms with Gasteiger partial charge >= 0.3 is 5.97 Å². The first-order valence-electron chi connectivity index (χ1n) is 7.14. The van der Waals surface area contributed by atoms with Gasteiger partial charge in [0.15, 0.2) is 0 Å². The predicted octanol–water partition coefficient (Wildman–Crippen LogP) is 0.680. The molecule has 1 fully saturated rings. The van der Waals surface area contributed by atoms with E-state index in [-0.39, 0.29) is 18.5 Å². The Kier molecular flexibility index (Phi) is 6.58. The van der Waals surface area contributed by atoms with Crippen molar-refractivity contribution in [3.8, 4) is 0 Å². The molecule has 0 aromatic carbocycles. The van der Waals surface area contributed by atoms with Crippen molar-refractivity contribution in [2.24, 2.45) is 11.3 Å². The van der Waals surface area contributed by atoms with Gasteiger partial charge in [-0.05, 0) is 24.7 Å². The Morgan fingerprint density at radius 3 is 2.43 bits per heavy atom. The van der Waals surface area contributed by atoms with Crippen molar-refractivity contribution in [2.45, 2.75) is 33.1 Å². The van der Waals surface area contributed by atoms with E-state index in [0.717, 1.165) is 6.42 Å². The van der Waals surface area contributed by atoms with Crippen molar-refractivity contribution in [3.63, 3.8) is 0 Å². The van der Waals surface area contributed by atoms with Gasteiger partial charge in [0, 0.05) is 33.4 Å². The Morgan fingerprint density at radius 1 is 1.38 bits per heavy atom. The van der Waals surface area contributed by atoms with Gasteiger partial charge in [-0.15, -0.1) is 0 Å². The van der Waals surface area contributed by atoms with E-state index in [1.807, 2.05) is 13.8 Å². The summed E-state index contributed by atoms with van der Waals surface area (Å²) in [7, 11) is -1.92. The molecule has 1 aliphatic rings. The summed E-state index contributed by atoms with van der Waals surface area (Å²) in [5.41, 5.74) is -0.192. The first-order valence-corrected chi connectivity index (χ1v) is 8.58. The minimum atomic E-state index is -3.54. The summed E-state index contributed by atoms with van der Waals surface area (Å²) >= 11 is 0. The van der Waals surface area contributed by atoms with E-state index in [1.165, 1.54) is 4.31 Å². The molecule has 1 rings (SSSR count). The average Bonchev–Trinajstić information content (AvgIpc) is 2.43. The third-order valence-corrected chi connectivity index (χ3v) is 5.41. The lowest BCUT2D eigenvalue weighted by atomic mass is 9.90. The van der Waals surface area contributed by atoms with E-state index < -0.39 is 22.1 Å². The molecule has 0 amide bonds. The summed E-state index contributed by atoms with van der Waals surface area (Å²) in [6, 6.07) is 0. The molecule has 0 atom stereocenters. The van der Waals surface area contributed by atoms with Crippen molar-refractivity contribution in [1.82, 2.24) is 9.03 Å². The highest BCUT2D eigenvalue weighted by atomic mass is 32.2. The third kappa shape index (κ3) is 5.90. The molecular formula is C13H26N2O5S. The van der Waals surface area contributed by atoms with Crippen LogP contribution in [0.4, 0.5) is 0 Å². The van der Waals surface area contributed by atoms with E-state index in [2.05, 4.69) is 4.72 Å². The van der Waals surface area contributed by atoms with Crippen molar-refractivity contribution in [1.29, 1.82) is 0 Å². The van der Waals surface area contributed by atoms with E-state index >= 15 is 0 Å². The summed E-state index contributed by atoms with van der Waals surface area (Å²) < 4.78 is 33.4. The largest absolute Gasteiger partial charge is 0.481 e. The van der Waals surface area contributed by atoms with Crippen molar-refractivity contribution in [2.75, 3.05) is 33.4 Å². The minimum absolute atomic E-state index is 0.192. The van der Waals surface area contributed by atoms with Crippen LogP contribution in [0.15, 0.2) is 0 Å². The zero-order valence-corrected chi connectivity index (χ0v) is 13.8. The van der Waals surface area contributed by atoms with Gasteiger partial charge in [-0.1, -0.05) is 13.8 Å². The maximum atomic E-state index is 12.2. The number of carboxylic acid groups (broad SMARTS) is 1. The number of carbonyl (C=O) groups is 1. The van der Waals surface area contributed by atoms with E-state index in [9.17, 15) is 13.2 Å². The molecule has 0 aliphatic carbocycles. The number of methoxy groups -OCH3 is 1. The van der Waals surface area contributed by atoms with Crippen molar-refractivity contribution >= 4 is 16.2 Å². The first-order chi connectivity index (χ1) is 9.68. The Labute approximate surface area is 126 Å². The molecule has 0 aromatic heterocycles. The lowest BCUT2D eigenvalue weighted by molar-refractivity contribution is -0.142. The number of nitrogens with one attached hydrogen (secondary N) is 1. The molecule has 0 bridgehead atoms. The second kappa shape index (κ2) is 7.53. The summed E-state index contributed by atoms with van der Waals surface area (Å²) in [5.74, 6) is -1.28. The van der Waals surface area contributed by atoms with Gasteiger partial charge in [0.05, 0.1) is 5.92 Å². The zero-order chi connectivity index (χ0) is 16.1. The van der Waals surface area contributed by atoms with E-state index in [1.54, 1.807) is 7.11 Å². The fraction of sp³-hybridized carbons (Fsp3) is 0.923. The monoisotopic (exact) mass is 322 g/mol. The highest BCUT2D eigenvalue weighted by molar-refractivity contribution is 7.87. The number of piperidine rings is 1. The molecule has 0 aromatic rings. The summed E-state index contributed by atoms with van der Waals surface area (Å²) in [5, 5.41) is 8.92. The number of hydrogen-bond donors (Lipinski definition) is 2. The van der Waals surface area contributed by atoms with Crippen LogP contribution >= 0.6 is 0 Å². The normalized spacial score (nSPS) is 18.8. The van der Waals surface area contributed by atoms with Crippen LogP contribution in [0, 0.1) is 11.3 Å². The minimum Gasteiger partial charge on any atom is -0.481 e. The number of nitrogens with zero attached hydrogens (tertiary/aromatic N) is 1. The van der Waals surface area contributed by atoms with Crippen LogP contribution in [0.25, 0.3) is 0 Å². The molecule has 1 saturated heterocycles. The van der Waals surface area contributed by atoms with Crippen LogP contribution in [0.5, 0.6) is 0 Å². The Morgan fingerprint density at radius 2 is 1.95 bits per heavy atom. The Balaban J connectivity index is 2.49. The SMILES string of the molecule is COCCC(C)(C)CNS(=O)(=O)N1CCC(C(=O)O)CC1. The van der Waals surface area contributed by atoms with Gasteiger partial charge in [-0.3, -0.25) is 4.79 Å². The zero-order valence-electron chi connectivity index (χ0n) is 13.0. The van der Waals surface area contributed by atoms with Crippen LogP contribution in [-0.4, -0.2) is 57.1 Å². The molecule has 1 heterocycles. The van der Waals surface area contributed by atoms with Crippen LogP contribution in [0.1, 0.15) is 33.1 Å². The summed E-state index contributed by atoms with van der Waals surface area (Å²) in [6.07, 6.45) is 1.49. The maximum absolute atomic E-state index is 12.2. The second-order valence-electron chi connectivity index (χ2n) is 6.24. The molecule has 0 saturated carbocycles. The lowest BCUT2D eigenvalue weighted by Gasteiger charge is -2.31. The molecule has 0 spiro atoms. The molecule has 1 aliphatic heterocycles. The van der Waals surface area contributed by atoms with Crippen LogP contribution in [0.3, 0.4) is 0 Å². The van der Waals surface area contributed by atoms with E-state index in [4.69, 9.17) is 9.84 Å². The highest BCUT2D eigenvalue weighted by Crippen LogP contribution is 2.22. The predicted molar refractivity (Wildman–Crippen MR) is 79.1 cm³/mol. The molecule has 8 heteroatoms. The van der Waals surface area contributed by atoms with Gasteiger partial charge < -0.3 is 9.84 Å². The number of hydrogen-bond acceptors (Lipinski definition) is 4. The number of aliphatic carboxylic acids is 1. The van der Waals surface area contributed by atoms with Gasteiger partial charge in [-0.25, -0.2) is 4.72 Å². The highest BCUT2D eigenvalue weighted by Gasteiger charge is 2.31. The second-order valence-corrected chi connectivity index (χ2v) is 8.00. The summed E-state index contributed by atoms with van der Waals surface area (Å²) in [4.78, 5) is 10.9. The van der Waals surface area contributed by atoms with Crippen LogP contribution in [0.2, 0.25) is 0 Å². The van der Waals surface area contributed by atoms with Gasteiger partial charge in [0.2, 0.25) is 0 Å². The Bertz CT molecular complexity index is 441. The lowest BCUT2D eigenvalue weighted by Crippen LogP contribution is -2.48. The van der Waals surface area contributed by atoms with Gasteiger partial charge in [0.1, 0.15) is 0 Å². The van der Waals surface area contributed by atoms with Crippen LogP contribution < -0.4 is 4.72 Å². The van der Waals surface area contributed by atoms with Gasteiger partial charge in [-0.2, -0.15) is 12.7 Å². The molecule has 0 unspecified atom stereocenters. The fourth-order valence-corrected chi connectivity index (χ4v) is 3.63. The van der Waals surface area contributed by atoms with Crippen LogP contribution in [-0.2, 0) is 19.7 Å². The Hall–Kier alpha value is -0.700. The van der Waals surface area contributed by atoms with Crippen molar-refractivity contribution in [3.05, 3.63) is 0 Å². The standard InChI is InChI=1S/C13H26N2O5S/c1-13(2,6-9-20-3)10-14-21(18,19)15-7-4-11(5-8-15)12(16)17/h11,14H,4-10H2,1-3H3,(H,16,17). The molecule has 2 N–H and O–H groups in total. The van der Waals surface area contributed by atoms with Gasteiger partial charge in [0.25, 0.3) is 10.2 Å².